The number of hydrogen-bond donors (Lipinski definition) is 4. The van der Waals surface area contributed by atoms with Gasteiger partial charge in [0.1, 0.15) is 11.6 Å². The van der Waals surface area contributed by atoms with Crippen LogP contribution in [0.3, 0.4) is 0 Å². The van der Waals surface area contributed by atoms with Gasteiger partial charge in [-0.15, -0.1) is 12.4 Å². The van der Waals surface area contributed by atoms with E-state index in [1.165, 1.54) is 22.3 Å². The third kappa shape index (κ3) is 16.9. The second kappa shape index (κ2) is 30.5. The van der Waals surface area contributed by atoms with Gasteiger partial charge in [0.25, 0.3) is 11.8 Å². The van der Waals surface area contributed by atoms with Crippen molar-refractivity contribution >= 4 is 82.3 Å². The Labute approximate surface area is 500 Å². The molecule has 2 amide bonds. The van der Waals surface area contributed by atoms with Crippen molar-refractivity contribution in [3.05, 3.63) is 198 Å². The SMILES string of the molecule is CN1Cc2c(Cl)cc(Cl)cc2[C@H](c2cccc(-c3ccc(NCCOCCOCCNC(=O)c4ccccc4C(=O)NCCOCCOCCNc4ccc(-c5cccc([C@@H]6CN(C)Cc7c(Cl)cc(Cl)cc76)c5)cn4)nc3)c2)C1.Cl. The monoisotopic (exact) mass is 1190 g/mol. The number of benzene rings is 5. The number of nitrogens with zero attached hydrogens (tertiary/aromatic N) is 4. The molecule has 0 bridgehead atoms. The van der Waals surface area contributed by atoms with E-state index in [1.54, 1.807) is 24.3 Å². The van der Waals surface area contributed by atoms with Gasteiger partial charge in [0.2, 0.25) is 0 Å². The van der Waals surface area contributed by atoms with Crippen LogP contribution in [-0.2, 0) is 32.0 Å². The number of fused-ring (bicyclic) bond motifs is 2. The molecule has 14 nitrogen and oxygen atoms in total. The van der Waals surface area contributed by atoms with E-state index in [-0.39, 0.29) is 73.5 Å². The first-order chi connectivity index (χ1) is 39.0. The zero-order valence-corrected chi connectivity index (χ0v) is 49.2. The standard InChI is InChI=1S/C62H66Cl4N8O6.ClH/c1-73-37-53(51-31-47(63)33-57(65)55(51)39-73)43-9-5-7-41(29-43)45-13-15-59(71-35-45)67-17-21-77-25-27-79-23-19-69-61(75)49-11-3-4-12-50(49)62(76)70-20-24-80-28-26-78-22-18-68-60-16-14-46(36-72-60)42-8-6-10-44(30-42)54-38-74(2)40-56-52(54)32-48(64)34-58(56)66;/h3-16,29-36,53-54H,17-28,37-40H2,1-2H3,(H,67,71)(H,68,72)(H,69,75)(H,70,76);1H/t53-,54-;/m0./s1. The van der Waals surface area contributed by atoms with Gasteiger partial charge in [-0.2, -0.15) is 0 Å². The van der Waals surface area contributed by atoms with Gasteiger partial charge in [-0.1, -0.05) is 107 Å². The smallest absolute Gasteiger partial charge is 0.252 e. The third-order valence-electron chi connectivity index (χ3n) is 14.1. The lowest BCUT2D eigenvalue weighted by Gasteiger charge is -2.33. The lowest BCUT2D eigenvalue weighted by molar-refractivity contribution is 0.0517. The molecule has 4 heterocycles. The summed E-state index contributed by atoms with van der Waals surface area (Å²) in [5, 5.41) is 15.0. The van der Waals surface area contributed by atoms with Crippen molar-refractivity contribution in [2.75, 3.05) is 117 Å². The Bertz CT molecular complexity index is 3000. The molecule has 2 aliphatic heterocycles. The topological polar surface area (TPSA) is 151 Å². The largest absolute Gasteiger partial charge is 0.377 e. The second-order valence-corrected chi connectivity index (χ2v) is 21.6. The maximum Gasteiger partial charge on any atom is 0.252 e. The van der Waals surface area contributed by atoms with Crippen molar-refractivity contribution < 1.29 is 28.5 Å². The number of carbonyl (C=O) groups is 2. The predicted molar refractivity (Wildman–Crippen MR) is 327 cm³/mol. The summed E-state index contributed by atoms with van der Waals surface area (Å²) in [6.07, 6.45) is 3.75. The molecule has 0 spiro atoms. The van der Waals surface area contributed by atoms with Gasteiger partial charge in [0.05, 0.1) is 64.0 Å². The van der Waals surface area contributed by atoms with Crippen LogP contribution >= 0.6 is 58.8 Å². The van der Waals surface area contributed by atoms with Crippen LogP contribution in [0, 0.1) is 0 Å². The summed E-state index contributed by atoms with van der Waals surface area (Å²) in [4.78, 5) is 40.0. The summed E-state index contributed by atoms with van der Waals surface area (Å²) >= 11 is 26.1. The number of hydrogen-bond acceptors (Lipinski definition) is 12. The lowest BCUT2D eigenvalue weighted by Crippen LogP contribution is -2.32. The Balaban J connectivity index is 0.00000860. The summed E-state index contributed by atoms with van der Waals surface area (Å²) in [7, 11) is 4.23. The predicted octanol–water partition coefficient (Wildman–Crippen LogP) is 11.8. The molecule has 2 atom stereocenters. The number of carbonyl (C=O) groups excluding carboxylic acids is 2. The molecular weight excluding hydrogens is 1130 g/mol. The molecule has 2 aromatic heterocycles. The molecule has 81 heavy (non-hydrogen) atoms. The van der Waals surface area contributed by atoms with Crippen molar-refractivity contribution in [3.8, 4) is 22.3 Å². The molecule has 0 saturated carbocycles. The number of halogens is 5. The van der Waals surface area contributed by atoms with Crippen molar-refractivity contribution in [1.82, 2.24) is 30.4 Å². The highest BCUT2D eigenvalue weighted by atomic mass is 35.5. The molecular formula is C62H67Cl5N8O6. The number of pyridine rings is 2. The first-order valence-electron chi connectivity index (χ1n) is 26.9. The van der Waals surface area contributed by atoms with Crippen LogP contribution in [-0.4, -0.2) is 138 Å². The summed E-state index contributed by atoms with van der Waals surface area (Å²) in [6.45, 7) is 8.05. The van der Waals surface area contributed by atoms with Crippen LogP contribution in [0.1, 0.15) is 65.9 Å². The number of amides is 2. The molecule has 0 unspecified atom stereocenters. The number of ether oxygens (including phenoxy) is 4. The van der Waals surface area contributed by atoms with E-state index in [2.05, 4.69) is 116 Å². The van der Waals surface area contributed by atoms with Gasteiger partial charge in [-0.25, -0.2) is 9.97 Å². The summed E-state index contributed by atoms with van der Waals surface area (Å²) in [5.41, 5.74) is 11.8. The Kier molecular flexibility index (Phi) is 23.0. The fourth-order valence-electron chi connectivity index (χ4n) is 10.2. The summed E-state index contributed by atoms with van der Waals surface area (Å²) in [5.74, 6) is 1.09. The van der Waals surface area contributed by atoms with E-state index in [1.807, 2.05) is 48.8 Å². The van der Waals surface area contributed by atoms with E-state index in [0.29, 0.717) is 72.8 Å². The molecule has 0 fully saturated rings. The molecule has 5 aromatic carbocycles. The van der Waals surface area contributed by atoms with Crippen LogP contribution < -0.4 is 21.3 Å². The highest BCUT2D eigenvalue weighted by molar-refractivity contribution is 6.35. The van der Waals surface area contributed by atoms with Gasteiger partial charge in [0.15, 0.2) is 0 Å². The Morgan fingerprint density at radius 3 is 1.30 bits per heavy atom. The zero-order valence-electron chi connectivity index (χ0n) is 45.3. The van der Waals surface area contributed by atoms with Crippen molar-refractivity contribution in [2.24, 2.45) is 0 Å². The molecule has 7 aromatic rings. The quantitative estimate of drug-likeness (QED) is 0.0382. The molecule has 4 N–H and O–H groups in total. The Morgan fingerprint density at radius 2 is 0.901 bits per heavy atom. The fourth-order valence-corrected chi connectivity index (χ4v) is 11.3. The second-order valence-electron chi connectivity index (χ2n) is 19.9. The minimum absolute atomic E-state index is 0. The van der Waals surface area contributed by atoms with Gasteiger partial charge in [-0.3, -0.25) is 9.59 Å². The molecule has 0 aliphatic carbocycles. The van der Waals surface area contributed by atoms with E-state index in [0.717, 1.165) is 71.2 Å². The first-order valence-corrected chi connectivity index (χ1v) is 28.4. The van der Waals surface area contributed by atoms with Crippen molar-refractivity contribution in [2.45, 2.75) is 24.9 Å². The highest BCUT2D eigenvalue weighted by Gasteiger charge is 2.29. The number of likely N-dealkylation sites (N-methyl/N-ethyl adjacent to an activating group) is 2. The van der Waals surface area contributed by atoms with E-state index in [9.17, 15) is 9.59 Å². The number of nitrogens with one attached hydrogen (secondary N) is 4. The zero-order chi connectivity index (χ0) is 55.8. The minimum Gasteiger partial charge on any atom is -0.377 e. The molecule has 9 rings (SSSR count). The van der Waals surface area contributed by atoms with E-state index < -0.39 is 0 Å². The summed E-state index contributed by atoms with van der Waals surface area (Å²) < 4.78 is 22.8. The number of rotatable bonds is 26. The maximum atomic E-state index is 13.1. The molecule has 0 radical (unpaired) electrons. The Hall–Kier alpha value is -5.85. The summed E-state index contributed by atoms with van der Waals surface area (Å²) in [6, 6.07) is 39.6. The molecule has 2 aliphatic rings. The van der Waals surface area contributed by atoms with E-state index >= 15 is 0 Å². The van der Waals surface area contributed by atoms with Crippen LogP contribution in [0.25, 0.3) is 22.3 Å². The van der Waals surface area contributed by atoms with Crippen LogP contribution in [0.4, 0.5) is 11.6 Å². The molecule has 0 saturated heterocycles. The first kappa shape index (κ1) is 61.2. The third-order valence-corrected chi connectivity index (χ3v) is 15.2. The van der Waals surface area contributed by atoms with Crippen molar-refractivity contribution in [1.29, 1.82) is 0 Å². The van der Waals surface area contributed by atoms with Crippen LogP contribution in [0.5, 0.6) is 0 Å². The molecule has 426 valence electrons. The van der Waals surface area contributed by atoms with Gasteiger partial charge in [-0.05, 0) is 119 Å². The van der Waals surface area contributed by atoms with Gasteiger partial charge < -0.3 is 50.0 Å². The molecule has 19 heteroatoms. The normalized spacial score (nSPS) is 15.0. The number of aromatic nitrogens is 2. The Morgan fingerprint density at radius 1 is 0.494 bits per heavy atom. The van der Waals surface area contributed by atoms with Crippen molar-refractivity contribution in [3.63, 3.8) is 0 Å². The van der Waals surface area contributed by atoms with Crippen LogP contribution in [0.2, 0.25) is 20.1 Å². The lowest BCUT2D eigenvalue weighted by atomic mass is 9.84. The average molecular weight is 1200 g/mol. The maximum absolute atomic E-state index is 13.1. The minimum atomic E-state index is -0.364. The fraction of sp³-hybridized carbons (Fsp3) is 0.323. The van der Waals surface area contributed by atoms with Crippen LogP contribution in [0.15, 0.2) is 134 Å². The number of anilines is 2. The average Bonchev–Trinajstić information content (AvgIpc) is 3.67. The van der Waals surface area contributed by atoms with Gasteiger partial charge >= 0.3 is 0 Å². The highest BCUT2D eigenvalue weighted by Crippen LogP contribution is 2.41. The van der Waals surface area contributed by atoms with E-state index in [4.69, 9.17) is 65.4 Å². The van der Waals surface area contributed by atoms with Gasteiger partial charge in [0, 0.05) is 108 Å².